The minimum atomic E-state index is -2.03. The van der Waals surface area contributed by atoms with Gasteiger partial charge in [-0.3, -0.25) is 4.79 Å². The summed E-state index contributed by atoms with van der Waals surface area (Å²) in [6, 6.07) is 5.48. The quantitative estimate of drug-likeness (QED) is 0.754. The minimum absolute atomic E-state index is 0.404. The van der Waals surface area contributed by atoms with E-state index in [9.17, 15) is 19.1 Å². The number of rotatable bonds is 5. The average Bonchev–Trinajstić information content (AvgIpc) is 2.36. The normalized spacial score (nSPS) is 14.4. The molecule has 0 heterocycles. The third-order valence-corrected chi connectivity index (χ3v) is 3.19. The molecule has 20 heavy (non-hydrogen) atoms. The Balaban J connectivity index is 2.80. The fourth-order valence-electron chi connectivity index (χ4n) is 1.55. The van der Waals surface area contributed by atoms with Gasteiger partial charge in [-0.05, 0) is 38.5 Å². The number of halogens is 1. The number of hydrogen-bond acceptors (Lipinski definition) is 3. The second-order valence-corrected chi connectivity index (χ2v) is 5.39. The van der Waals surface area contributed by atoms with Crippen LogP contribution in [0, 0.1) is 5.82 Å². The molecular weight excluding hydrogens is 265 g/mol. The Morgan fingerprint density at radius 2 is 1.70 bits per heavy atom. The summed E-state index contributed by atoms with van der Waals surface area (Å²) in [4.78, 5) is 22.9. The summed E-state index contributed by atoms with van der Waals surface area (Å²) in [5.74, 6) is -2.28. The van der Waals surface area contributed by atoms with Crippen molar-refractivity contribution in [3.05, 3.63) is 35.6 Å². The summed E-state index contributed by atoms with van der Waals surface area (Å²) in [7, 11) is 0. The molecule has 0 aliphatic carbocycles. The highest BCUT2D eigenvalue weighted by molar-refractivity contribution is 5.88. The van der Waals surface area contributed by atoms with Crippen molar-refractivity contribution in [2.24, 2.45) is 0 Å². The highest BCUT2D eigenvalue weighted by atomic mass is 19.1. The molecule has 1 atom stereocenters. The fourth-order valence-corrected chi connectivity index (χ4v) is 1.55. The first-order valence-electron chi connectivity index (χ1n) is 6.07. The van der Waals surface area contributed by atoms with E-state index in [-0.39, 0.29) is 0 Å². The zero-order chi connectivity index (χ0) is 15.6. The fraction of sp³-hybridized carbons (Fsp3) is 0.429. The molecule has 0 radical (unpaired) electrons. The van der Waals surface area contributed by atoms with E-state index < -0.39 is 35.3 Å². The van der Waals surface area contributed by atoms with E-state index in [0.717, 1.165) is 6.92 Å². The molecule has 0 aliphatic rings. The van der Waals surface area contributed by atoms with Crippen LogP contribution in [0.2, 0.25) is 0 Å². The summed E-state index contributed by atoms with van der Waals surface area (Å²) in [5.41, 5.74) is -2.41. The van der Waals surface area contributed by atoms with Gasteiger partial charge in [-0.25, -0.2) is 9.18 Å². The van der Waals surface area contributed by atoms with E-state index in [1.165, 1.54) is 24.3 Å². The van der Waals surface area contributed by atoms with Gasteiger partial charge in [0.15, 0.2) is 5.60 Å². The van der Waals surface area contributed by atoms with Gasteiger partial charge >= 0.3 is 5.97 Å². The number of aliphatic carboxylic acids is 1. The van der Waals surface area contributed by atoms with Gasteiger partial charge in [0.1, 0.15) is 5.82 Å². The maximum atomic E-state index is 12.9. The first-order valence-corrected chi connectivity index (χ1v) is 6.07. The summed E-state index contributed by atoms with van der Waals surface area (Å²) in [5, 5.41) is 20.7. The molecule has 0 saturated carbocycles. The number of carboxylic acids is 1. The molecule has 1 rings (SSSR count). The highest BCUT2D eigenvalue weighted by Crippen LogP contribution is 2.23. The monoisotopic (exact) mass is 283 g/mol. The smallest absolute Gasteiger partial charge is 0.337 e. The molecule has 0 bridgehead atoms. The van der Waals surface area contributed by atoms with Crippen LogP contribution in [0.25, 0.3) is 0 Å². The van der Waals surface area contributed by atoms with Crippen LogP contribution in [-0.2, 0) is 15.0 Å². The second-order valence-electron chi connectivity index (χ2n) is 5.39. The number of carboxylic acid groups (broad SMARTS) is 1. The Kier molecular flexibility index (Phi) is 4.50. The molecule has 1 aromatic rings. The van der Waals surface area contributed by atoms with E-state index in [2.05, 4.69) is 5.32 Å². The van der Waals surface area contributed by atoms with Crippen molar-refractivity contribution in [1.82, 2.24) is 5.32 Å². The number of carbonyl (C=O) groups excluding carboxylic acids is 1. The second kappa shape index (κ2) is 5.58. The lowest BCUT2D eigenvalue weighted by molar-refractivity contribution is -0.156. The van der Waals surface area contributed by atoms with Gasteiger partial charge in [-0.15, -0.1) is 0 Å². The molecule has 6 heteroatoms. The standard InChI is InChI=1S/C14H18FNO4/c1-13(2,9-4-6-10(15)7-5-9)11(17)16-8-14(3,20)12(18)19/h4-7,20H,8H2,1-3H3,(H,16,17)(H,18,19). The molecule has 0 spiro atoms. The zero-order valence-electron chi connectivity index (χ0n) is 11.6. The van der Waals surface area contributed by atoms with Gasteiger partial charge in [0, 0.05) is 0 Å². The van der Waals surface area contributed by atoms with Crippen molar-refractivity contribution in [2.45, 2.75) is 31.8 Å². The van der Waals surface area contributed by atoms with E-state index in [0.29, 0.717) is 5.56 Å². The van der Waals surface area contributed by atoms with Crippen LogP contribution in [-0.4, -0.2) is 34.2 Å². The summed E-state index contributed by atoms with van der Waals surface area (Å²) >= 11 is 0. The van der Waals surface area contributed by atoms with E-state index in [1.807, 2.05) is 0 Å². The number of benzene rings is 1. The Morgan fingerprint density at radius 3 is 2.15 bits per heavy atom. The number of amides is 1. The van der Waals surface area contributed by atoms with Crippen molar-refractivity contribution in [3.63, 3.8) is 0 Å². The molecule has 3 N–H and O–H groups in total. The van der Waals surface area contributed by atoms with Crippen LogP contribution < -0.4 is 5.32 Å². The Labute approximate surface area is 116 Å². The van der Waals surface area contributed by atoms with Crippen molar-refractivity contribution in [3.8, 4) is 0 Å². The van der Waals surface area contributed by atoms with Crippen LogP contribution in [0.15, 0.2) is 24.3 Å². The number of nitrogens with one attached hydrogen (secondary N) is 1. The lowest BCUT2D eigenvalue weighted by Crippen LogP contribution is -2.50. The lowest BCUT2D eigenvalue weighted by atomic mass is 9.83. The molecule has 0 aromatic heterocycles. The maximum Gasteiger partial charge on any atom is 0.337 e. The molecule has 0 saturated heterocycles. The SMILES string of the molecule is CC(O)(CNC(=O)C(C)(C)c1ccc(F)cc1)C(=O)O. The molecule has 5 nitrogen and oxygen atoms in total. The average molecular weight is 283 g/mol. The molecule has 1 amide bonds. The zero-order valence-corrected chi connectivity index (χ0v) is 11.6. The molecule has 0 aliphatic heterocycles. The first-order chi connectivity index (χ1) is 9.07. The third kappa shape index (κ3) is 3.54. The summed E-state index contributed by atoms with van der Waals surface area (Å²) in [6.45, 7) is 3.95. The van der Waals surface area contributed by atoms with E-state index in [4.69, 9.17) is 5.11 Å². The Hall–Kier alpha value is -1.95. The molecule has 0 fully saturated rings. The van der Waals surface area contributed by atoms with Gasteiger partial charge in [-0.1, -0.05) is 12.1 Å². The van der Waals surface area contributed by atoms with Crippen LogP contribution in [0.3, 0.4) is 0 Å². The van der Waals surface area contributed by atoms with Gasteiger partial charge in [0.25, 0.3) is 0 Å². The summed E-state index contributed by atoms with van der Waals surface area (Å²) < 4.78 is 12.9. The molecule has 110 valence electrons. The van der Waals surface area contributed by atoms with E-state index >= 15 is 0 Å². The Morgan fingerprint density at radius 1 is 1.20 bits per heavy atom. The third-order valence-electron chi connectivity index (χ3n) is 3.19. The van der Waals surface area contributed by atoms with Crippen molar-refractivity contribution >= 4 is 11.9 Å². The predicted octanol–water partition coefficient (Wildman–Crippen LogP) is 1.06. The van der Waals surface area contributed by atoms with Crippen molar-refractivity contribution in [1.29, 1.82) is 0 Å². The van der Waals surface area contributed by atoms with Gasteiger partial charge in [-0.2, -0.15) is 0 Å². The highest BCUT2D eigenvalue weighted by Gasteiger charge is 2.34. The first kappa shape index (κ1) is 16.1. The van der Waals surface area contributed by atoms with Crippen LogP contribution in [0.1, 0.15) is 26.3 Å². The summed E-state index contributed by atoms with van der Waals surface area (Å²) in [6.07, 6.45) is 0. The van der Waals surface area contributed by atoms with Gasteiger partial charge in [0.05, 0.1) is 12.0 Å². The minimum Gasteiger partial charge on any atom is -0.479 e. The number of aliphatic hydroxyl groups is 1. The van der Waals surface area contributed by atoms with Crippen LogP contribution in [0.5, 0.6) is 0 Å². The van der Waals surface area contributed by atoms with Gasteiger partial charge in [0.2, 0.25) is 5.91 Å². The Bertz CT molecular complexity index is 508. The van der Waals surface area contributed by atoms with Crippen molar-refractivity contribution < 1.29 is 24.2 Å². The number of hydrogen-bond donors (Lipinski definition) is 3. The van der Waals surface area contributed by atoms with Gasteiger partial charge < -0.3 is 15.5 Å². The topological polar surface area (TPSA) is 86.6 Å². The van der Waals surface area contributed by atoms with E-state index in [1.54, 1.807) is 13.8 Å². The molecule has 1 aromatic carbocycles. The maximum absolute atomic E-state index is 12.9. The lowest BCUT2D eigenvalue weighted by Gasteiger charge is -2.26. The van der Waals surface area contributed by atoms with Crippen molar-refractivity contribution in [2.75, 3.05) is 6.54 Å². The van der Waals surface area contributed by atoms with Crippen LogP contribution >= 0.6 is 0 Å². The largest absolute Gasteiger partial charge is 0.479 e. The number of carbonyl (C=O) groups is 2. The predicted molar refractivity (Wildman–Crippen MR) is 70.7 cm³/mol. The molecule has 1 unspecified atom stereocenters. The van der Waals surface area contributed by atoms with Crippen LogP contribution in [0.4, 0.5) is 4.39 Å². The molecular formula is C14H18FNO4.